The van der Waals surface area contributed by atoms with Crippen molar-refractivity contribution < 1.29 is 29.0 Å². The first-order chi connectivity index (χ1) is 17.8. The number of ether oxygens (including phenoxy) is 1. The molecule has 1 N–H and O–H groups in total. The summed E-state index contributed by atoms with van der Waals surface area (Å²) in [5.41, 5.74) is 2.68. The summed E-state index contributed by atoms with van der Waals surface area (Å²) in [5, 5.41) is 12.0. The van der Waals surface area contributed by atoms with Crippen LogP contribution >= 0.6 is 11.3 Å². The van der Waals surface area contributed by atoms with Gasteiger partial charge in [-0.1, -0.05) is 23.8 Å². The summed E-state index contributed by atoms with van der Waals surface area (Å²) < 4.78 is 5.58. The van der Waals surface area contributed by atoms with Gasteiger partial charge in [0.05, 0.1) is 25.5 Å². The number of likely N-dealkylation sites (tertiary alicyclic amines) is 1. The number of thiophene rings is 1. The number of allylic oxidation sites excluding steroid dienone is 6. The highest BCUT2D eigenvalue weighted by molar-refractivity contribution is 7.09. The predicted octanol–water partition coefficient (Wildman–Crippen LogP) is 4.09. The normalized spacial score (nSPS) is 27.0. The number of carbonyl (C=O) groups excluding carboxylic acids is 4. The van der Waals surface area contributed by atoms with E-state index in [1.54, 1.807) is 13.0 Å². The number of hydrogen-bond donors (Lipinski definition) is 1. The summed E-state index contributed by atoms with van der Waals surface area (Å²) in [6.45, 7) is 1.88. The summed E-state index contributed by atoms with van der Waals surface area (Å²) in [7, 11) is 1.49. The third-order valence-corrected chi connectivity index (χ3v) is 8.94. The lowest BCUT2D eigenvalue weighted by Gasteiger charge is -2.42. The Kier molecular flexibility index (Phi) is 5.53. The van der Waals surface area contributed by atoms with Gasteiger partial charge in [-0.25, -0.2) is 0 Å². The van der Waals surface area contributed by atoms with E-state index in [-0.39, 0.29) is 42.1 Å². The second kappa shape index (κ2) is 8.66. The van der Waals surface area contributed by atoms with E-state index >= 15 is 0 Å². The predicted molar refractivity (Wildman–Crippen MR) is 136 cm³/mol. The number of aromatic hydroxyl groups is 1. The molecule has 37 heavy (non-hydrogen) atoms. The van der Waals surface area contributed by atoms with E-state index in [9.17, 15) is 24.3 Å². The number of rotatable bonds is 4. The number of fused-ring (bicyclic) bond motifs is 3. The Hall–Kier alpha value is -3.78. The second-order valence-corrected chi connectivity index (χ2v) is 11.0. The Morgan fingerprint density at radius 3 is 2.65 bits per heavy atom. The van der Waals surface area contributed by atoms with E-state index in [2.05, 4.69) is 0 Å². The summed E-state index contributed by atoms with van der Waals surface area (Å²) >= 11 is 1.50. The molecule has 4 atom stereocenters. The van der Waals surface area contributed by atoms with Gasteiger partial charge in [0.1, 0.15) is 11.5 Å². The lowest BCUT2D eigenvalue weighted by atomic mass is 9.59. The van der Waals surface area contributed by atoms with Crippen LogP contribution in [0, 0.1) is 17.8 Å². The van der Waals surface area contributed by atoms with Crippen LogP contribution in [-0.4, -0.2) is 40.5 Å². The maximum absolute atomic E-state index is 13.7. The van der Waals surface area contributed by atoms with Gasteiger partial charge in [0.25, 0.3) is 0 Å². The van der Waals surface area contributed by atoms with Gasteiger partial charge in [-0.05, 0) is 49.3 Å². The number of Topliss-reactive ketones (excluding diaryl/α,β-unsaturated/α-hetero) is 1. The maximum Gasteiger partial charge on any atom is 0.234 e. The first kappa shape index (κ1) is 23.6. The molecule has 1 aromatic carbocycles. The van der Waals surface area contributed by atoms with Crippen LogP contribution in [0.5, 0.6) is 11.5 Å². The molecule has 188 valence electrons. The quantitative estimate of drug-likeness (QED) is 0.374. The van der Waals surface area contributed by atoms with Crippen LogP contribution in [0.3, 0.4) is 0 Å². The lowest BCUT2D eigenvalue weighted by molar-refractivity contribution is -0.140. The van der Waals surface area contributed by atoms with Crippen molar-refractivity contribution in [2.45, 2.75) is 32.2 Å². The summed E-state index contributed by atoms with van der Waals surface area (Å²) in [6.07, 6.45) is 3.97. The molecule has 0 saturated carbocycles. The van der Waals surface area contributed by atoms with Crippen molar-refractivity contribution in [3.63, 3.8) is 0 Å². The average molecular weight is 516 g/mol. The fourth-order valence-corrected chi connectivity index (χ4v) is 7.13. The zero-order valence-corrected chi connectivity index (χ0v) is 21.2. The van der Waals surface area contributed by atoms with Gasteiger partial charge in [0.15, 0.2) is 11.6 Å². The summed E-state index contributed by atoms with van der Waals surface area (Å²) in [5.74, 6) is -2.52. The Balaban J connectivity index is 1.48. The van der Waals surface area contributed by atoms with E-state index in [0.29, 0.717) is 34.5 Å². The van der Waals surface area contributed by atoms with E-state index in [0.717, 1.165) is 10.5 Å². The largest absolute Gasteiger partial charge is 0.508 e. The van der Waals surface area contributed by atoms with Crippen molar-refractivity contribution >= 4 is 34.7 Å². The smallest absolute Gasteiger partial charge is 0.234 e. The minimum Gasteiger partial charge on any atom is -0.508 e. The molecule has 4 aliphatic rings. The van der Waals surface area contributed by atoms with Crippen LogP contribution in [0.2, 0.25) is 0 Å². The van der Waals surface area contributed by atoms with Crippen molar-refractivity contribution in [2.24, 2.45) is 17.8 Å². The minimum atomic E-state index is -0.611. The third kappa shape index (κ3) is 3.54. The van der Waals surface area contributed by atoms with Crippen molar-refractivity contribution in [1.82, 2.24) is 4.90 Å². The molecule has 1 aliphatic heterocycles. The highest BCUT2D eigenvalue weighted by Gasteiger charge is 2.56. The zero-order chi connectivity index (χ0) is 26.0. The molecule has 0 spiro atoms. The highest BCUT2D eigenvalue weighted by Crippen LogP contribution is 2.56. The molecular weight excluding hydrogens is 490 g/mol. The monoisotopic (exact) mass is 515 g/mol. The molecule has 6 rings (SSSR count). The van der Waals surface area contributed by atoms with Crippen LogP contribution < -0.4 is 4.74 Å². The van der Waals surface area contributed by atoms with Gasteiger partial charge in [0, 0.05) is 39.1 Å². The van der Waals surface area contributed by atoms with Crippen molar-refractivity contribution in [3.05, 3.63) is 80.6 Å². The Morgan fingerprint density at radius 2 is 1.92 bits per heavy atom. The first-order valence-corrected chi connectivity index (χ1v) is 13.1. The number of amides is 2. The summed E-state index contributed by atoms with van der Waals surface area (Å²) in [4.78, 5) is 56.1. The molecular formula is C29H25NO6S. The summed E-state index contributed by atoms with van der Waals surface area (Å²) in [6, 6.07) is 8.51. The molecule has 1 aromatic heterocycles. The minimum absolute atomic E-state index is 0.0164. The molecule has 2 heterocycles. The molecule has 0 radical (unpaired) electrons. The molecule has 8 heteroatoms. The number of ketones is 2. The fourth-order valence-electron chi connectivity index (χ4n) is 6.43. The van der Waals surface area contributed by atoms with Crippen molar-refractivity contribution in [2.75, 3.05) is 7.11 Å². The fraction of sp³-hybridized carbons (Fsp3) is 0.310. The van der Waals surface area contributed by atoms with Gasteiger partial charge in [-0.3, -0.25) is 24.1 Å². The van der Waals surface area contributed by atoms with E-state index < -0.39 is 23.7 Å². The molecule has 1 fully saturated rings. The molecule has 2 aromatic rings. The van der Waals surface area contributed by atoms with Gasteiger partial charge in [-0.2, -0.15) is 0 Å². The number of imide groups is 1. The maximum atomic E-state index is 13.7. The van der Waals surface area contributed by atoms with E-state index in [1.165, 1.54) is 41.6 Å². The topological polar surface area (TPSA) is 101 Å². The molecule has 3 aliphatic carbocycles. The van der Waals surface area contributed by atoms with Crippen LogP contribution in [0.4, 0.5) is 0 Å². The van der Waals surface area contributed by atoms with Crippen LogP contribution in [-0.2, 0) is 25.7 Å². The third-order valence-electron chi connectivity index (χ3n) is 8.08. The number of nitrogens with zero attached hydrogens (tertiary/aromatic N) is 1. The second-order valence-electron chi connectivity index (χ2n) is 10.00. The number of carbonyl (C=O) groups is 4. The van der Waals surface area contributed by atoms with Gasteiger partial charge in [-0.15, -0.1) is 11.3 Å². The number of phenols is 1. The highest BCUT2D eigenvalue weighted by atomic mass is 32.1. The molecule has 0 bridgehead atoms. The van der Waals surface area contributed by atoms with E-state index in [4.69, 9.17) is 4.74 Å². The SMILES string of the molecule is COc1cc(O)ccc1C1C2=CCC3C(=O)N(Cc4cccs4)C(=O)C3C2CC2=C1C(=O)C(C)=CC2=O. The molecule has 1 saturated heterocycles. The van der Waals surface area contributed by atoms with Gasteiger partial charge in [0.2, 0.25) is 11.8 Å². The van der Waals surface area contributed by atoms with E-state index in [1.807, 2.05) is 23.6 Å². The standard InChI is InChI=1S/C29H25NO6S/c1-14-10-22(32)21-12-20-17(24(26(21)27(14)33)18-6-5-15(31)11-23(18)36-2)7-8-19-25(20)29(35)30(28(19)34)13-16-4-3-9-37-16/h3-7,9-11,19-20,24-25,31H,8,12-13H2,1-2H3. The number of benzene rings is 1. The Bertz CT molecular complexity index is 1460. The van der Waals surface area contributed by atoms with Crippen molar-refractivity contribution in [1.29, 1.82) is 0 Å². The number of phenolic OH excluding ortho intramolecular Hbond substituents is 1. The Labute approximate surface area is 217 Å². The molecule has 4 unspecified atom stereocenters. The first-order valence-electron chi connectivity index (χ1n) is 12.2. The van der Waals surface area contributed by atoms with Crippen LogP contribution in [0.25, 0.3) is 0 Å². The lowest BCUT2D eigenvalue weighted by Crippen LogP contribution is -2.39. The molecule has 7 nitrogen and oxygen atoms in total. The van der Waals surface area contributed by atoms with Crippen LogP contribution in [0.1, 0.15) is 36.1 Å². The van der Waals surface area contributed by atoms with Crippen LogP contribution in [0.15, 0.2) is 70.2 Å². The van der Waals surface area contributed by atoms with Gasteiger partial charge < -0.3 is 9.84 Å². The zero-order valence-electron chi connectivity index (χ0n) is 20.4. The number of methoxy groups -OCH3 is 1. The number of hydrogen-bond acceptors (Lipinski definition) is 7. The molecule has 2 amide bonds. The Morgan fingerprint density at radius 1 is 1.11 bits per heavy atom. The van der Waals surface area contributed by atoms with Gasteiger partial charge >= 0.3 is 0 Å². The van der Waals surface area contributed by atoms with Crippen molar-refractivity contribution in [3.8, 4) is 11.5 Å². The average Bonchev–Trinajstić information content (AvgIpc) is 3.49.